The van der Waals surface area contributed by atoms with E-state index in [-0.39, 0.29) is 11.9 Å². The van der Waals surface area contributed by atoms with E-state index in [0.29, 0.717) is 18.9 Å². The number of nitrogens with zero attached hydrogens (tertiary/aromatic N) is 4. The minimum atomic E-state index is 0.0836. The number of nitrogens with one attached hydrogen (secondary N) is 1. The van der Waals surface area contributed by atoms with Gasteiger partial charge in [0.2, 0.25) is 5.91 Å². The van der Waals surface area contributed by atoms with Crippen LogP contribution >= 0.6 is 11.3 Å². The van der Waals surface area contributed by atoms with Gasteiger partial charge >= 0.3 is 0 Å². The number of amides is 1. The third-order valence-corrected chi connectivity index (χ3v) is 7.02. The smallest absolute Gasteiger partial charge is 0.220 e. The highest BCUT2D eigenvalue weighted by Gasteiger charge is 2.29. The van der Waals surface area contributed by atoms with Crippen molar-refractivity contribution in [3.63, 3.8) is 0 Å². The summed E-state index contributed by atoms with van der Waals surface area (Å²) >= 11 is 1.82. The van der Waals surface area contributed by atoms with Gasteiger partial charge in [0.25, 0.3) is 0 Å². The van der Waals surface area contributed by atoms with Crippen LogP contribution in [-0.4, -0.2) is 38.0 Å². The van der Waals surface area contributed by atoms with Crippen molar-refractivity contribution in [3.8, 4) is 0 Å². The van der Waals surface area contributed by atoms with Gasteiger partial charge in [-0.05, 0) is 83.0 Å². The number of aryl methyl sites for hydroxylation is 3. The number of carbonyl (C=O) groups is 1. The Morgan fingerprint density at radius 2 is 2.10 bits per heavy atom. The lowest BCUT2D eigenvalue weighted by Gasteiger charge is -2.22. The first-order valence-electron chi connectivity index (χ1n) is 11.2. The van der Waals surface area contributed by atoms with Crippen molar-refractivity contribution >= 4 is 22.9 Å². The first-order chi connectivity index (χ1) is 14.8. The zero-order chi connectivity index (χ0) is 22.1. The Labute approximate surface area is 188 Å². The van der Waals surface area contributed by atoms with Gasteiger partial charge in [-0.3, -0.25) is 9.69 Å². The number of fused-ring (bicyclic) bond motifs is 1. The molecular formula is C24H33N5OS. The van der Waals surface area contributed by atoms with Crippen molar-refractivity contribution < 1.29 is 4.79 Å². The van der Waals surface area contributed by atoms with E-state index in [1.165, 1.54) is 16.9 Å². The van der Waals surface area contributed by atoms with Crippen molar-refractivity contribution in [1.29, 1.82) is 0 Å². The molecule has 1 aliphatic heterocycles. The maximum atomic E-state index is 12.1. The molecule has 0 unspecified atom stereocenters. The molecule has 0 aromatic carbocycles. The highest BCUT2D eigenvalue weighted by Crippen LogP contribution is 2.34. The molecule has 1 amide bonds. The van der Waals surface area contributed by atoms with Crippen LogP contribution in [0.15, 0.2) is 17.5 Å². The highest BCUT2D eigenvalue weighted by atomic mass is 32.1. The molecule has 0 radical (unpaired) electrons. The Bertz CT molecular complexity index is 1080. The Kier molecular flexibility index (Phi) is 6.44. The molecule has 4 heterocycles. The first kappa shape index (κ1) is 22.0. The van der Waals surface area contributed by atoms with E-state index < -0.39 is 0 Å². The molecule has 4 rings (SSSR count). The summed E-state index contributed by atoms with van der Waals surface area (Å²) < 4.78 is 1.98. The van der Waals surface area contributed by atoms with Gasteiger partial charge in [0.05, 0.1) is 11.7 Å². The van der Waals surface area contributed by atoms with Crippen molar-refractivity contribution in [2.75, 3.05) is 6.54 Å². The number of likely N-dealkylation sites (tertiary alicyclic amines) is 1. The van der Waals surface area contributed by atoms with Gasteiger partial charge in [-0.1, -0.05) is 0 Å². The molecule has 1 N–H and O–H groups in total. The fourth-order valence-electron chi connectivity index (χ4n) is 4.67. The maximum absolute atomic E-state index is 12.1. The second-order valence-electron chi connectivity index (χ2n) is 9.02. The van der Waals surface area contributed by atoms with Gasteiger partial charge in [-0.25, -0.2) is 9.50 Å². The summed E-state index contributed by atoms with van der Waals surface area (Å²) in [5.74, 6) is 0.0836. The van der Waals surface area contributed by atoms with Crippen molar-refractivity contribution in [1.82, 2.24) is 24.8 Å². The lowest BCUT2D eigenvalue weighted by atomic mass is 10.1. The van der Waals surface area contributed by atoms with Crippen molar-refractivity contribution in [3.05, 3.63) is 50.6 Å². The standard InChI is InChI=1S/C24H33N5OS/c1-15(2)25-24(30)9-8-20-17(4)26-23-12-21(27-29(23)18(20)5)22-7-6-10-28(22)13-19-11-16(3)31-14-19/h11-12,14-15,22H,6-10,13H2,1-5H3,(H,25,30)/t22-/m1/s1. The lowest BCUT2D eigenvalue weighted by Crippen LogP contribution is -2.30. The number of aromatic nitrogens is 3. The summed E-state index contributed by atoms with van der Waals surface area (Å²) in [6.07, 6.45) is 3.48. The second-order valence-corrected chi connectivity index (χ2v) is 10.1. The fraction of sp³-hybridized carbons (Fsp3) is 0.542. The normalized spacial score (nSPS) is 17.2. The molecule has 7 heteroatoms. The van der Waals surface area contributed by atoms with E-state index in [1.807, 2.05) is 36.6 Å². The van der Waals surface area contributed by atoms with Gasteiger partial charge in [-0.15, -0.1) is 11.3 Å². The van der Waals surface area contributed by atoms with Crippen LogP contribution in [0, 0.1) is 20.8 Å². The topological polar surface area (TPSA) is 62.5 Å². The summed E-state index contributed by atoms with van der Waals surface area (Å²) in [4.78, 5) is 20.9. The molecule has 3 aromatic heterocycles. The molecule has 0 aliphatic carbocycles. The quantitative estimate of drug-likeness (QED) is 0.588. The van der Waals surface area contributed by atoms with E-state index in [0.717, 1.165) is 47.8 Å². The van der Waals surface area contributed by atoms with Gasteiger partial charge in [-0.2, -0.15) is 5.10 Å². The number of carbonyl (C=O) groups excluding carboxylic acids is 1. The largest absolute Gasteiger partial charge is 0.354 e. The average Bonchev–Trinajstić information content (AvgIpc) is 3.41. The van der Waals surface area contributed by atoms with E-state index >= 15 is 0 Å². The van der Waals surface area contributed by atoms with Gasteiger partial charge < -0.3 is 5.32 Å². The van der Waals surface area contributed by atoms with Crippen LogP contribution in [-0.2, 0) is 17.8 Å². The molecule has 1 aliphatic rings. The van der Waals surface area contributed by atoms with Crippen molar-refractivity contribution in [2.24, 2.45) is 0 Å². The molecule has 0 saturated carbocycles. The minimum Gasteiger partial charge on any atom is -0.354 e. The number of thiophene rings is 1. The van der Waals surface area contributed by atoms with E-state index in [4.69, 9.17) is 10.1 Å². The molecule has 3 aromatic rings. The third kappa shape index (κ3) is 4.83. The second kappa shape index (κ2) is 9.09. The molecule has 1 atom stereocenters. The molecular weight excluding hydrogens is 406 g/mol. The zero-order valence-electron chi connectivity index (χ0n) is 19.2. The van der Waals surface area contributed by atoms with E-state index in [2.05, 4.69) is 41.6 Å². The SMILES string of the molecule is Cc1cc(CN2CCC[C@@H]2c2cc3nc(C)c(CCC(=O)NC(C)C)c(C)n3n2)cs1. The Morgan fingerprint density at radius 3 is 2.81 bits per heavy atom. The number of hydrogen-bond acceptors (Lipinski definition) is 5. The maximum Gasteiger partial charge on any atom is 0.220 e. The molecule has 0 bridgehead atoms. The number of rotatable bonds is 7. The predicted molar refractivity (Wildman–Crippen MR) is 126 cm³/mol. The summed E-state index contributed by atoms with van der Waals surface area (Å²) in [5.41, 5.74) is 6.60. The lowest BCUT2D eigenvalue weighted by molar-refractivity contribution is -0.121. The molecule has 31 heavy (non-hydrogen) atoms. The van der Waals surface area contributed by atoms with Gasteiger partial charge in [0.1, 0.15) is 0 Å². The van der Waals surface area contributed by atoms with Crippen LogP contribution in [0.2, 0.25) is 0 Å². The van der Waals surface area contributed by atoms with Crippen molar-refractivity contribution in [2.45, 2.75) is 78.9 Å². The third-order valence-electron chi connectivity index (χ3n) is 6.11. The first-order valence-corrected chi connectivity index (χ1v) is 12.1. The van der Waals surface area contributed by atoms with Gasteiger partial charge in [0.15, 0.2) is 5.65 Å². The van der Waals surface area contributed by atoms with E-state index in [9.17, 15) is 4.79 Å². The predicted octanol–water partition coefficient (Wildman–Crippen LogP) is 4.51. The van der Waals surface area contributed by atoms with Crippen LogP contribution in [0.25, 0.3) is 5.65 Å². The van der Waals surface area contributed by atoms with Gasteiger partial charge in [0, 0.05) is 41.3 Å². The Hall–Kier alpha value is -2.25. The van der Waals surface area contributed by atoms with Crippen LogP contribution in [0.5, 0.6) is 0 Å². The summed E-state index contributed by atoms with van der Waals surface area (Å²) in [7, 11) is 0. The summed E-state index contributed by atoms with van der Waals surface area (Å²) in [5, 5.41) is 10.2. The monoisotopic (exact) mass is 439 g/mol. The summed E-state index contributed by atoms with van der Waals surface area (Å²) in [6, 6.07) is 4.94. The fourth-order valence-corrected chi connectivity index (χ4v) is 5.37. The van der Waals surface area contributed by atoms with Crippen LogP contribution in [0.1, 0.15) is 72.2 Å². The minimum absolute atomic E-state index is 0.0836. The van der Waals surface area contributed by atoms with Crippen LogP contribution in [0.3, 0.4) is 0 Å². The highest BCUT2D eigenvalue weighted by molar-refractivity contribution is 7.10. The molecule has 166 valence electrons. The zero-order valence-corrected chi connectivity index (χ0v) is 20.1. The molecule has 0 spiro atoms. The Morgan fingerprint density at radius 1 is 1.29 bits per heavy atom. The molecule has 6 nitrogen and oxygen atoms in total. The average molecular weight is 440 g/mol. The van der Waals surface area contributed by atoms with Crippen LogP contribution < -0.4 is 5.32 Å². The Balaban J connectivity index is 1.56. The van der Waals surface area contributed by atoms with Crippen LogP contribution in [0.4, 0.5) is 0 Å². The summed E-state index contributed by atoms with van der Waals surface area (Å²) in [6.45, 7) is 12.3. The number of hydrogen-bond donors (Lipinski definition) is 1. The van der Waals surface area contributed by atoms with E-state index in [1.54, 1.807) is 0 Å². The molecule has 1 saturated heterocycles. The molecule has 1 fully saturated rings.